The Labute approximate surface area is 129 Å². The van der Waals surface area contributed by atoms with Gasteiger partial charge in [0.15, 0.2) is 0 Å². The van der Waals surface area contributed by atoms with Gasteiger partial charge < -0.3 is 9.47 Å². The van der Waals surface area contributed by atoms with Crippen LogP contribution < -0.4 is 10.1 Å². The zero-order valence-corrected chi connectivity index (χ0v) is 12.9. The third kappa shape index (κ3) is 4.05. The molecule has 0 saturated carbocycles. The molecule has 0 radical (unpaired) electrons. The summed E-state index contributed by atoms with van der Waals surface area (Å²) in [5.41, 5.74) is 0.494. The van der Waals surface area contributed by atoms with Crippen LogP contribution in [0, 0.1) is 0 Å². The number of hydrogen-bond acceptors (Lipinski definition) is 5. The normalized spacial score (nSPS) is 10.7. The van der Waals surface area contributed by atoms with E-state index < -0.39 is 0 Å². The van der Waals surface area contributed by atoms with E-state index in [0.29, 0.717) is 30.5 Å². The number of aromatic nitrogens is 3. The van der Waals surface area contributed by atoms with E-state index in [1.807, 2.05) is 13.8 Å². The van der Waals surface area contributed by atoms with Crippen LogP contribution in [-0.4, -0.2) is 41.0 Å². The molecule has 7 nitrogen and oxygen atoms in total. The monoisotopic (exact) mass is 304 g/mol. The highest BCUT2D eigenvalue weighted by molar-refractivity contribution is 6.03. The second-order valence-corrected chi connectivity index (χ2v) is 4.95. The van der Waals surface area contributed by atoms with Gasteiger partial charge in [0.2, 0.25) is 5.95 Å². The van der Waals surface area contributed by atoms with Crippen LogP contribution in [0.15, 0.2) is 30.6 Å². The van der Waals surface area contributed by atoms with Crippen molar-refractivity contribution in [3.63, 3.8) is 0 Å². The van der Waals surface area contributed by atoms with Crippen molar-refractivity contribution in [1.82, 2.24) is 14.8 Å². The van der Waals surface area contributed by atoms with Crippen molar-refractivity contribution >= 4 is 11.9 Å². The molecule has 2 aromatic rings. The van der Waals surface area contributed by atoms with Crippen LogP contribution in [0.4, 0.5) is 5.95 Å². The Morgan fingerprint density at radius 1 is 1.36 bits per heavy atom. The molecule has 0 aliphatic carbocycles. The van der Waals surface area contributed by atoms with E-state index in [4.69, 9.17) is 9.47 Å². The van der Waals surface area contributed by atoms with Crippen molar-refractivity contribution in [2.75, 3.05) is 25.6 Å². The van der Waals surface area contributed by atoms with Gasteiger partial charge in [-0.15, -0.1) is 0 Å². The highest BCUT2D eigenvalue weighted by Crippen LogP contribution is 2.16. The minimum atomic E-state index is -0.257. The third-order valence-corrected chi connectivity index (χ3v) is 2.94. The van der Waals surface area contributed by atoms with Crippen LogP contribution in [0.3, 0.4) is 0 Å². The molecule has 1 aromatic heterocycles. The lowest BCUT2D eigenvalue weighted by atomic mass is 10.2. The number of ether oxygens (including phenoxy) is 2. The molecule has 0 bridgehead atoms. The van der Waals surface area contributed by atoms with Crippen LogP contribution in [-0.2, 0) is 4.74 Å². The summed E-state index contributed by atoms with van der Waals surface area (Å²) >= 11 is 0. The number of amides is 1. The molecule has 0 aliphatic heterocycles. The zero-order valence-electron chi connectivity index (χ0n) is 12.9. The molecule has 0 spiro atoms. The van der Waals surface area contributed by atoms with Crippen LogP contribution in [0.1, 0.15) is 30.2 Å². The molecule has 1 aromatic carbocycles. The van der Waals surface area contributed by atoms with Gasteiger partial charge in [-0.3, -0.25) is 10.1 Å². The number of carbonyl (C=O) groups excluding carboxylic acids is 1. The maximum absolute atomic E-state index is 12.3. The molecule has 0 aliphatic rings. The Morgan fingerprint density at radius 3 is 2.91 bits per heavy atom. The number of rotatable bonds is 7. The molecule has 0 fully saturated rings. The molecule has 1 amide bonds. The molecule has 2 rings (SSSR count). The number of methoxy groups -OCH3 is 1. The predicted molar refractivity (Wildman–Crippen MR) is 82.2 cm³/mol. The van der Waals surface area contributed by atoms with Crippen molar-refractivity contribution in [2.24, 2.45) is 0 Å². The first-order valence-electron chi connectivity index (χ1n) is 7.04. The lowest BCUT2D eigenvalue weighted by Gasteiger charge is -2.11. The lowest BCUT2D eigenvalue weighted by Crippen LogP contribution is -2.17. The fourth-order valence-electron chi connectivity index (χ4n) is 1.86. The Morgan fingerprint density at radius 2 is 2.18 bits per heavy atom. The number of benzene rings is 1. The van der Waals surface area contributed by atoms with Gasteiger partial charge in [-0.25, -0.2) is 4.68 Å². The van der Waals surface area contributed by atoms with Gasteiger partial charge in [0, 0.05) is 12.7 Å². The number of carbonyl (C=O) groups is 1. The maximum Gasteiger partial charge on any atom is 0.258 e. The van der Waals surface area contributed by atoms with Crippen molar-refractivity contribution in [1.29, 1.82) is 0 Å². The van der Waals surface area contributed by atoms with Gasteiger partial charge in [-0.05, 0) is 32.0 Å². The molecule has 1 heterocycles. The molecule has 1 N–H and O–H groups in total. The first-order valence-corrected chi connectivity index (χ1v) is 7.04. The van der Waals surface area contributed by atoms with Crippen LogP contribution in [0.5, 0.6) is 5.75 Å². The van der Waals surface area contributed by atoms with E-state index >= 15 is 0 Å². The van der Waals surface area contributed by atoms with Crippen LogP contribution in [0.25, 0.3) is 0 Å². The van der Waals surface area contributed by atoms with Gasteiger partial charge in [0.05, 0.1) is 12.6 Å². The topological polar surface area (TPSA) is 78.3 Å². The van der Waals surface area contributed by atoms with Crippen molar-refractivity contribution < 1.29 is 14.3 Å². The second kappa shape index (κ2) is 7.56. The van der Waals surface area contributed by atoms with E-state index in [-0.39, 0.29) is 11.9 Å². The summed E-state index contributed by atoms with van der Waals surface area (Å²) in [5.74, 6) is 0.785. The summed E-state index contributed by atoms with van der Waals surface area (Å²) in [7, 11) is 1.61. The summed E-state index contributed by atoms with van der Waals surface area (Å²) in [5, 5.41) is 6.83. The van der Waals surface area contributed by atoms with Gasteiger partial charge >= 0.3 is 0 Å². The summed E-state index contributed by atoms with van der Waals surface area (Å²) in [6, 6.07) is 7.07. The molecule has 0 unspecified atom stereocenters. The Kier molecular flexibility index (Phi) is 5.48. The van der Waals surface area contributed by atoms with Gasteiger partial charge in [0.25, 0.3) is 5.91 Å². The highest BCUT2D eigenvalue weighted by Gasteiger charge is 2.13. The first kappa shape index (κ1) is 16.0. The van der Waals surface area contributed by atoms with Crippen LogP contribution in [0.2, 0.25) is 0 Å². The average Bonchev–Trinajstić information content (AvgIpc) is 2.96. The van der Waals surface area contributed by atoms with E-state index in [2.05, 4.69) is 15.4 Å². The molecule has 0 saturated heterocycles. The van der Waals surface area contributed by atoms with E-state index in [0.717, 1.165) is 0 Å². The van der Waals surface area contributed by atoms with E-state index in [9.17, 15) is 4.79 Å². The van der Waals surface area contributed by atoms with Gasteiger partial charge in [0.1, 0.15) is 18.7 Å². The zero-order chi connectivity index (χ0) is 15.9. The smallest absolute Gasteiger partial charge is 0.258 e. The number of anilines is 1. The average molecular weight is 304 g/mol. The molecular weight excluding hydrogens is 284 g/mol. The summed E-state index contributed by atoms with van der Waals surface area (Å²) in [4.78, 5) is 16.4. The Hall–Kier alpha value is -2.41. The highest BCUT2D eigenvalue weighted by atomic mass is 16.5. The van der Waals surface area contributed by atoms with Gasteiger partial charge in [-0.2, -0.15) is 10.1 Å². The van der Waals surface area contributed by atoms with Crippen molar-refractivity contribution in [3.8, 4) is 5.75 Å². The summed E-state index contributed by atoms with van der Waals surface area (Å²) < 4.78 is 12.1. The number of nitrogens with one attached hydrogen (secondary N) is 1. The molecular formula is C15H20N4O3. The van der Waals surface area contributed by atoms with Gasteiger partial charge in [-0.1, -0.05) is 6.07 Å². The second-order valence-electron chi connectivity index (χ2n) is 4.95. The standard InChI is InChI=1S/C15H20N4O3/c1-11(2)19-15(16-10-17-19)18-14(20)12-5-4-6-13(9-12)22-8-7-21-3/h4-6,9-11H,7-8H2,1-3H3,(H,16,17,18,20). The predicted octanol–water partition coefficient (Wildman–Crippen LogP) is 2.14. The Bertz CT molecular complexity index is 625. The van der Waals surface area contributed by atoms with E-state index in [1.165, 1.54) is 6.33 Å². The molecule has 7 heteroatoms. The SMILES string of the molecule is COCCOc1cccc(C(=O)Nc2ncnn2C(C)C)c1. The fraction of sp³-hybridized carbons (Fsp3) is 0.400. The fourth-order valence-corrected chi connectivity index (χ4v) is 1.86. The summed E-state index contributed by atoms with van der Waals surface area (Å²) in [6.07, 6.45) is 1.42. The van der Waals surface area contributed by atoms with Crippen LogP contribution >= 0.6 is 0 Å². The quantitative estimate of drug-likeness (QED) is 0.793. The molecule has 118 valence electrons. The number of nitrogens with zero attached hydrogens (tertiary/aromatic N) is 3. The van der Waals surface area contributed by atoms with E-state index in [1.54, 1.807) is 36.1 Å². The minimum absolute atomic E-state index is 0.113. The summed E-state index contributed by atoms with van der Waals surface area (Å²) in [6.45, 7) is 4.86. The largest absolute Gasteiger partial charge is 0.491 e. The lowest BCUT2D eigenvalue weighted by molar-refractivity contribution is 0.102. The first-order chi connectivity index (χ1) is 10.6. The maximum atomic E-state index is 12.3. The molecule has 22 heavy (non-hydrogen) atoms. The minimum Gasteiger partial charge on any atom is -0.491 e. The Balaban J connectivity index is 2.06. The molecule has 0 atom stereocenters. The number of hydrogen-bond donors (Lipinski definition) is 1. The van der Waals surface area contributed by atoms with Crippen molar-refractivity contribution in [3.05, 3.63) is 36.2 Å². The third-order valence-electron chi connectivity index (χ3n) is 2.94. The van der Waals surface area contributed by atoms with Crippen molar-refractivity contribution in [2.45, 2.75) is 19.9 Å².